The number of hydrogen-bond acceptors (Lipinski definition) is 5. The molecule has 1 aromatic carbocycles. The second-order valence-electron chi connectivity index (χ2n) is 7.19. The highest BCUT2D eigenvalue weighted by Gasteiger charge is 2.21. The Labute approximate surface area is 154 Å². The van der Waals surface area contributed by atoms with Crippen LogP contribution in [0, 0.1) is 5.92 Å². The third-order valence-corrected chi connectivity index (χ3v) is 5.34. The summed E-state index contributed by atoms with van der Waals surface area (Å²) in [6.07, 6.45) is 7.46. The molecule has 0 bridgehead atoms. The van der Waals surface area contributed by atoms with Gasteiger partial charge in [-0.3, -0.25) is 5.10 Å². The molecular formula is C20H27N3O3. The van der Waals surface area contributed by atoms with Crippen molar-refractivity contribution in [2.24, 2.45) is 5.92 Å². The average Bonchev–Trinajstić information content (AvgIpc) is 3.31. The highest BCUT2D eigenvalue weighted by Crippen LogP contribution is 2.36. The first-order valence-electron chi connectivity index (χ1n) is 9.56. The van der Waals surface area contributed by atoms with Gasteiger partial charge in [0, 0.05) is 24.2 Å². The van der Waals surface area contributed by atoms with E-state index in [-0.39, 0.29) is 6.79 Å². The van der Waals surface area contributed by atoms with Gasteiger partial charge in [-0.15, -0.1) is 0 Å². The second kappa shape index (κ2) is 8.10. The van der Waals surface area contributed by atoms with Gasteiger partial charge in [-0.1, -0.05) is 19.8 Å². The van der Waals surface area contributed by atoms with Crippen molar-refractivity contribution >= 4 is 0 Å². The van der Waals surface area contributed by atoms with E-state index in [0.29, 0.717) is 12.0 Å². The normalized spacial score (nSPS) is 21.9. The molecule has 0 amide bonds. The molecule has 1 fully saturated rings. The van der Waals surface area contributed by atoms with Crippen LogP contribution in [0.4, 0.5) is 0 Å². The molecule has 0 spiro atoms. The topological polar surface area (TPSA) is 68.4 Å². The smallest absolute Gasteiger partial charge is 0.231 e. The van der Waals surface area contributed by atoms with Gasteiger partial charge in [0.1, 0.15) is 0 Å². The average molecular weight is 357 g/mol. The molecule has 1 saturated carbocycles. The molecule has 0 saturated heterocycles. The predicted molar refractivity (Wildman–Crippen MR) is 99.2 cm³/mol. The van der Waals surface area contributed by atoms with Crippen molar-refractivity contribution < 1.29 is 14.2 Å². The molecule has 6 nitrogen and oxygen atoms in total. The Kier molecular flexibility index (Phi) is 5.41. The maximum Gasteiger partial charge on any atom is 0.231 e. The van der Waals surface area contributed by atoms with Crippen LogP contribution in [0.3, 0.4) is 0 Å². The van der Waals surface area contributed by atoms with E-state index in [0.717, 1.165) is 48.0 Å². The van der Waals surface area contributed by atoms with Gasteiger partial charge in [0.15, 0.2) is 11.5 Å². The van der Waals surface area contributed by atoms with Gasteiger partial charge in [0.25, 0.3) is 0 Å². The molecule has 1 aromatic heterocycles. The third-order valence-electron chi connectivity index (χ3n) is 5.34. The number of aromatic nitrogens is 2. The van der Waals surface area contributed by atoms with Crippen LogP contribution in [-0.4, -0.2) is 36.2 Å². The Bertz CT molecular complexity index is 731. The molecule has 140 valence electrons. The van der Waals surface area contributed by atoms with Crippen LogP contribution in [0.1, 0.15) is 38.2 Å². The van der Waals surface area contributed by atoms with Gasteiger partial charge in [-0.25, -0.2) is 0 Å². The number of hydrogen-bond donors (Lipinski definition) is 2. The molecule has 0 unspecified atom stereocenters. The fourth-order valence-electron chi connectivity index (χ4n) is 3.78. The van der Waals surface area contributed by atoms with Crippen LogP contribution in [0.15, 0.2) is 24.4 Å². The van der Waals surface area contributed by atoms with E-state index < -0.39 is 0 Å². The van der Waals surface area contributed by atoms with Gasteiger partial charge in [-0.05, 0) is 37.0 Å². The van der Waals surface area contributed by atoms with Crippen LogP contribution in [-0.2, 0) is 11.3 Å². The predicted octanol–water partition coefficient (Wildman–Crippen LogP) is 3.49. The molecule has 2 aromatic rings. The fourth-order valence-corrected chi connectivity index (χ4v) is 3.78. The molecular weight excluding hydrogens is 330 g/mol. The van der Waals surface area contributed by atoms with Crippen LogP contribution in [0.5, 0.6) is 11.5 Å². The van der Waals surface area contributed by atoms with E-state index in [9.17, 15) is 0 Å². The summed E-state index contributed by atoms with van der Waals surface area (Å²) in [5, 5.41) is 10.8. The molecule has 2 heterocycles. The molecule has 2 aliphatic rings. The Balaban J connectivity index is 1.28. The SMILES string of the molecule is C[C@@H]1CCCC[C@H]1OCCNCc1cn[nH]c1-c1ccc2c(c1)OCO2. The standard InChI is InChI=1S/C20H27N3O3/c1-14-4-2-3-5-17(14)24-9-8-21-11-16-12-22-23-20(16)15-6-7-18-19(10-15)26-13-25-18/h6-7,10,12,14,17,21H,2-5,8-9,11,13H2,1H3,(H,22,23)/t14-,17-/m1/s1. The van der Waals surface area contributed by atoms with E-state index in [1.807, 2.05) is 24.4 Å². The molecule has 2 N–H and O–H groups in total. The van der Waals surface area contributed by atoms with Gasteiger partial charge < -0.3 is 19.5 Å². The number of nitrogens with one attached hydrogen (secondary N) is 2. The van der Waals surface area contributed by atoms with Gasteiger partial charge in [-0.2, -0.15) is 5.10 Å². The van der Waals surface area contributed by atoms with Gasteiger partial charge in [0.05, 0.1) is 24.6 Å². The van der Waals surface area contributed by atoms with Gasteiger partial charge in [0.2, 0.25) is 6.79 Å². The lowest BCUT2D eigenvalue weighted by atomic mass is 9.88. The molecule has 1 aliphatic heterocycles. The lowest BCUT2D eigenvalue weighted by molar-refractivity contribution is -0.00322. The van der Waals surface area contributed by atoms with E-state index in [1.54, 1.807) is 0 Å². The minimum atomic E-state index is 0.287. The van der Waals surface area contributed by atoms with Crippen molar-refractivity contribution in [1.82, 2.24) is 15.5 Å². The van der Waals surface area contributed by atoms with Crippen molar-refractivity contribution in [3.8, 4) is 22.8 Å². The summed E-state index contributed by atoms with van der Waals surface area (Å²) >= 11 is 0. The second-order valence-corrected chi connectivity index (χ2v) is 7.19. The lowest BCUT2D eigenvalue weighted by Gasteiger charge is -2.28. The summed E-state index contributed by atoms with van der Waals surface area (Å²) in [7, 11) is 0. The lowest BCUT2D eigenvalue weighted by Crippen LogP contribution is -2.29. The number of nitrogens with zero attached hydrogens (tertiary/aromatic N) is 1. The summed E-state index contributed by atoms with van der Waals surface area (Å²) in [6, 6.07) is 5.96. The Morgan fingerprint density at radius 1 is 1.23 bits per heavy atom. The largest absolute Gasteiger partial charge is 0.454 e. The van der Waals surface area contributed by atoms with Crippen LogP contribution < -0.4 is 14.8 Å². The van der Waals surface area contributed by atoms with Crippen molar-refractivity contribution in [3.63, 3.8) is 0 Å². The van der Waals surface area contributed by atoms with E-state index >= 15 is 0 Å². The summed E-state index contributed by atoms with van der Waals surface area (Å²) < 4.78 is 16.9. The highest BCUT2D eigenvalue weighted by atomic mass is 16.7. The molecule has 6 heteroatoms. The monoisotopic (exact) mass is 357 g/mol. The molecule has 4 rings (SSSR count). The number of rotatable bonds is 7. The minimum absolute atomic E-state index is 0.287. The van der Waals surface area contributed by atoms with Gasteiger partial charge >= 0.3 is 0 Å². The van der Waals surface area contributed by atoms with Crippen molar-refractivity contribution in [3.05, 3.63) is 30.0 Å². The first kappa shape index (κ1) is 17.4. The van der Waals surface area contributed by atoms with Crippen molar-refractivity contribution in [2.75, 3.05) is 19.9 Å². The molecule has 26 heavy (non-hydrogen) atoms. The van der Waals surface area contributed by atoms with Crippen LogP contribution in [0.2, 0.25) is 0 Å². The maximum atomic E-state index is 6.06. The first-order chi connectivity index (χ1) is 12.8. The third kappa shape index (κ3) is 3.86. The van der Waals surface area contributed by atoms with E-state index in [4.69, 9.17) is 14.2 Å². The number of fused-ring (bicyclic) bond motifs is 1. The first-order valence-corrected chi connectivity index (χ1v) is 9.56. The maximum absolute atomic E-state index is 6.06. The highest BCUT2D eigenvalue weighted by molar-refractivity contribution is 5.66. The summed E-state index contributed by atoms with van der Waals surface area (Å²) in [4.78, 5) is 0. The van der Waals surface area contributed by atoms with Crippen LogP contribution >= 0.6 is 0 Å². The number of benzene rings is 1. The van der Waals surface area contributed by atoms with Crippen molar-refractivity contribution in [2.45, 2.75) is 45.3 Å². The van der Waals surface area contributed by atoms with E-state index in [2.05, 4.69) is 22.4 Å². The Morgan fingerprint density at radius 3 is 3.04 bits per heavy atom. The van der Waals surface area contributed by atoms with Crippen molar-refractivity contribution in [1.29, 1.82) is 0 Å². The quantitative estimate of drug-likeness (QED) is 0.743. The molecule has 2 atom stereocenters. The Hall–Kier alpha value is -2.05. The Morgan fingerprint density at radius 2 is 2.12 bits per heavy atom. The molecule has 0 radical (unpaired) electrons. The number of aromatic amines is 1. The summed E-state index contributed by atoms with van der Waals surface area (Å²) in [6.45, 7) is 4.95. The zero-order chi connectivity index (χ0) is 17.8. The summed E-state index contributed by atoms with van der Waals surface area (Å²) in [5.74, 6) is 2.27. The fraction of sp³-hybridized carbons (Fsp3) is 0.550. The summed E-state index contributed by atoms with van der Waals surface area (Å²) in [5.41, 5.74) is 3.20. The van der Waals surface area contributed by atoms with Crippen LogP contribution in [0.25, 0.3) is 11.3 Å². The van der Waals surface area contributed by atoms with E-state index in [1.165, 1.54) is 25.7 Å². The zero-order valence-corrected chi connectivity index (χ0v) is 15.3. The minimum Gasteiger partial charge on any atom is -0.454 e. The zero-order valence-electron chi connectivity index (χ0n) is 15.3. The number of H-pyrrole nitrogens is 1. The molecule has 1 aliphatic carbocycles. The number of ether oxygens (including phenoxy) is 3.